The first-order valence-electron chi connectivity index (χ1n) is 9.22. The summed E-state index contributed by atoms with van der Waals surface area (Å²) in [5, 5.41) is 0.493. The number of piperazine rings is 1. The molecule has 1 fully saturated rings. The number of aromatic nitrogens is 4. The minimum atomic E-state index is -0.180. The molecule has 3 heterocycles. The number of nitrogens with zero attached hydrogens (tertiary/aromatic N) is 5. The van der Waals surface area contributed by atoms with Crippen LogP contribution < -0.4 is 15.2 Å². The van der Waals surface area contributed by atoms with E-state index < -0.39 is 0 Å². The van der Waals surface area contributed by atoms with Crippen molar-refractivity contribution >= 4 is 23.6 Å². The molecule has 9 nitrogen and oxygen atoms in total. The van der Waals surface area contributed by atoms with Gasteiger partial charge >= 0.3 is 0 Å². The minimum absolute atomic E-state index is 0.0276. The Kier molecular flexibility index (Phi) is 6.85. The van der Waals surface area contributed by atoms with Crippen molar-refractivity contribution in [3.8, 4) is 5.88 Å². The molecular formula is C18H24N6O3S. The van der Waals surface area contributed by atoms with E-state index in [4.69, 9.17) is 4.74 Å². The maximum absolute atomic E-state index is 12.5. The van der Waals surface area contributed by atoms with Crippen LogP contribution in [-0.2, 0) is 11.2 Å². The first kappa shape index (κ1) is 20.1. The Labute approximate surface area is 167 Å². The highest BCUT2D eigenvalue weighted by molar-refractivity contribution is 7.99. The number of anilines is 1. The van der Waals surface area contributed by atoms with E-state index in [-0.39, 0.29) is 17.2 Å². The minimum Gasteiger partial charge on any atom is -0.481 e. The van der Waals surface area contributed by atoms with Gasteiger partial charge in [0.1, 0.15) is 0 Å². The van der Waals surface area contributed by atoms with Crippen molar-refractivity contribution in [1.82, 2.24) is 24.8 Å². The Morgan fingerprint density at radius 1 is 1.29 bits per heavy atom. The molecule has 1 saturated heterocycles. The predicted octanol–water partition coefficient (Wildman–Crippen LogP) is 0.962. The monoisotopic (exact) mass is 404 g/mol. The Morgan fingerprint density at radius 3 is 2.79 bits per heavy atom. The third kappa shape index (κ3) is 5.22. The Balaban J connectivity index is 1.52. The standard InChI is InChI=1S/C18H24N6O3S/c1-3-4-13-11-14(25)21-18(20-13)28-12-16(26)23-7-9-24(10-8-23)17-19-6-5-15(22-17)27-2/h5-6,11H,3-4,7-10,12H2,1-2H3,(H,20,21,25). The van der Waals surface area contributed by atoms with Crippen LogP contribution in [0.15, 0.2) is 28.3 Å². The van der Waals surface area contributed by atoms with Gasteiger partial charge in [-0.15, -0.1) is 0 Å². The average Bonchev–Trinajstić information content (AvgIpc) is 2.72. The summed E-state index contributed by atoms with van der Waals surface area (Å²) in [5.41, 5.74) is 0.577. The topological polar surface area (TPSA) is 104 Å². The van der Waals surface area contributed by atoms with Gasteiger partial charge in [-0.05, 0) is 6.42 Å². The van der Waals surface area contributed by atoms with Gasteiger partial charge in [-0.1, -0.05) is 25.1 Å². The molecule has 3 rings (SSSR count). The molecule has 0 unspecified atom stereocenters. The van der Waals surface area contributed by atoms with Crippen LogP contribution in [0.2, 0.25) is 0 Å². The summed E-state index contributed by atoms with van der Waals surface area (Å²) in [6.45, 7) is 4.55. The molecule has 0 bridgehead atoms. The van der Waals surface area contributed by atoms with Gasteiger partial charge < -0.3 is 19.5 Å². The molecule has 28 heavy (non-hydrogen) atoms. The Hall–Kier alpha value is -2.62. The van der Waals surface area contributed by atoms with Gasteiger partial charge in [0.05, 0.1) is 12.9 Å². The van der Waals surface area contributed by atoms with Crippen LogP contribution in [0.4, 0.5) is 5.95 Å². The molecular weight excluding hydrogens is 380 g/mol. The van der Waals surface area contributed by atoms with Gasteiger partial charge in [-0.2, -0.15) is 4.98 Å². The van der Waals surface area contributed by atoms with Gasteiger partial charge in [0.2, 0.25) is 17.7 Å². The van der Waals surface area contributed by atoms with Crippen LogP contribution in [-0.4, -0.2) is 69.8 Å². The van der Waals surface area contributed by atoms with Crippen LogP contribution in [0.3, 0.4) is 0 Å². The van der Waals surface area contributed by atoms with Gasteiger partial charge in [0, 0.05) is 50.2 Å². The summed E-state index contributed by atoms with van der Waals surface area (Å²) in [5.74, 6) is 1.40. The highest BCUT2D eigenvalue weighted by Crippen LogP contribution is 2.17. The lowest BCUT2D eigenvalue weighted by atomic mass is 10.2. The number of aryl methyl sites for hydroxylation is 1. The molecule has 1 N–H and O–H groups in total. The number of aromatic amines is 1. The third-order valence-electron chi connectivity index (χ3n) is 4.35. The average molecular weight is 404 g/mol. The molecule has 1 amide bonds. The van der Waals surface area contributed by atoms with Gasteiger partial charge in [0.25, 0.3) is 5.56 Å². The van der Waals surface area contributed by atoms with Crippen molar-refractivity contribution in [2.75, 3.05) is 43.9 Å². The molecule has 2 aromatic rings. The zero-order valence-electron chi connectivity index (χ0n) is 16.1. The van der Waals surface area contributed by atoms with E-state index in [1.807, 2.05) is 16.7 Å². The second-order valence-electron chi connectivity index (χ2n) is 6.35. The second kappa shape index (κ2) is 9.54. The van der Waals surface area contributed by atoms with E-state index in [0.29, 0.717) is 43.2 Å². The number of amides is 1. The van der Waals surface area contributed by atoms with Gasteiger partial charge in [0.15, 0.2) is 5.16 Å². The fraction of sp³-hybridized carbons (Fsp3) is 0.500. The first-order chi connectivity index (χ1) is 13.6. The third-order valence-corrected chi connectivity index (χ3v) is 5.21. The highest BCUT2D eigenvalue weighted by atomic mass is 32.2. The van der Waals surface area contributed by atoms with Crippen molar-refractivity contribution in [3.63, 3.8) is 0 Å². The van der Waals surface area contributed by atoms with Crippen molar-refractivity contribution in [2.45, 2.75) is 24.9 Å². The Bertz CT molecular complexity index is 866. The van der Waals surface area contributed by atoms with Gasteiger partial charge in [-0.25, -0.2) is 9.97 Å². The largest absolute Gasteiger partial charge is 0.481 e. The van der Waals surface area contributed by atoms with Crippen LogP contribution in [0, 0.1) is 0 Å². The molecule has 150 valence electrons. The summed E-state index contributed by atoms with van der Waals surface area (Å²) >= 11 is 1.27. The molecule has 1 aliphatic rings. The van der Waals surface area contributed by atoms with E-state index >= 15 is 0 Å². The smallest absolute Gasteiger partial charge is 0.251 e. The van der Waals surface area contributed by atoms with Crippen molar-refractivity contribution in [3.05, 3.63) is 34.4 Å². The number of carbonyl (C=O) groups excluding carboxylic acids is 1. The van der Waals surface area contributed by atoms with Crippen molar-refractivity contribution in [2.24, 2.45) is 0 Å². The van der Waals surface area contributed by atoms with E-state index in [1.54, 1.807) is 19.4 Å². The maximum Gasteiger partial charge on any atom is 0.251 e. The Morgan fingerprint density at radius 2 is 2.07 bits per heavy atom. The summed E-state index contributed by atoms with van der Waals surface area (Å²) in [6, 6.07) is 3.21. The van der Waals surface area contributed by atoms with Crippen LogP contribution >= 0.6 is 11.8 Å². The highest BCUT2D eigenvalue weighted by Gasteiger charge is 2.23. The molecule has 2 aromatic heterocycles. The fourth-order valence-corrected chi connectivity index (χ4v) is 3.71. The number of methoxy groups -OCH3 is 1. The molecule has 0 aliphatic carbocycles. The summed E-state index contributed by atoms with van der Waals surface area (Å²) < 4.78 is 5.13. The van der Waals surface area contributed by atoms with E-state index in [2.05, 4.69) is 19.9 Å². The molecule has 1 aliphatic heterocycles. The molecule has 0 aromatic carbocycles. The lowest BCUT2D eigenvalue weighted by Crippen LogP contribution is -2.49. The molecule has 0 radical (unpaired) electrons. The fourth-order valence-electron chi connectivity index (χ4n) is 2.91. The number of nitrogens with one attached hydrogen (secondary N) is 1. The first-order valence-corrected chi connectivity index (χ1v) is 10.2. The van der Waals surface area contributed by atoms with E-state index in [0.717, 1.165) is 18.5 Å². The quantitative estimate of drug-likeness (QED) is 0.538. The lowest BCUT2D eigenvalue weighted by Gasteiger charge is -2.34. The normalized spacial score (nSPS) is 14.2. The molecule has 0 saturated carbocycles. The van der Waals surface area contributed by atoms with E-state index in [1.165, 1.54) is 17.8 Å². The number of carbonyl (C=O) groups is 1. The number of thioether (sulfide) groups is 1. The summed E-state index contributed by atoms with van der Waals surface area (Å²) in [4.78, 5) is 43.8. The molecule has 10 heteroatoms. The zero-order chi connectivity index (χ0) is 19.9. The molecule has 0 atom stereocenters. The lowest BCUT2D eigenvalue weighted by molar-refractivity contribution is -0.128. The SMILES string of the molecule is CCCc1cc(=O)[nH]c(SCC(=O)N2CCN(c3nccc(OC)n3)CC2)n1. The zero-order valence-corrected chi connectivity index (χ0v) is 16.9. The predicted molar refractivity (Wildman–Crippen MR) is 107 cm³/mol. The van der Waals surface area contributed by atoms with Crippen LogP contribution in [0.5, 0.6) is 5.88 Å². The van der Waals surface area contributed by atoms with Crippen LogP contribution in [0.25, 0.3) is 0 Å². The number of ether oxygens (including phenoxy) is 1. The van der Waals surface area contributed by atoms with Crippen molar-refractivity contribution < 1.29 is 9.53 Å². The molecule has 0 spiro atoms. The maximum atomic E-state index is 12.5. The van der Waals surface area contributed by atoms with E-state index in [9.17, 15) is 9.59 Å². The second-order valence-corrected chi connectivity index (χ2v) is 7.31. The van der Waals surface area contributed by atoms with Gasteiger partial charge in [-0.3, -0.25) is 9.59 Å². The van der Waals surface area contributed by atoms with Crippen LogP contribution in [0.1, 0.15) is 19.0 Å². The number of rotatable bonds is 7. The summed E-state index contributed by atoms with van der Waals surface area (Å²) in [7, 11) is 1.57. The number of H-pyrrole nitrogens is 1. The number of hydrogen-bond acceptors (Lipinski definition) is 8. The summed E-state index contributed by atoms with van der Waals surface area (Å²) in [6.07, 6.45) is 3.33. The van der Waals surface area contributed by atoms with Crippen molar-refractivity contribution in [1.29, 1.82) is 0 Å². The number of hydrogen-bond donors (Lipinski definition) is 1.